The number of carbonyl (C=O) groups is 3. The lowest BCUT2D eigenvalue weighted by Crippen LogP contribution is -2.39. The van der Waals surface area contributed by atoms with Crippen LogP contribution in [0.5, 0.6) is 11.5 Å². The highest BCUT2D eigenvalue weighted by atomic mass is 35.5. The van der Waals surface area contributed by atoms with Gasteiger partial charge in [0.05, 0.1) is 23.0 Å². The predicted octanol–water partition coefficient (Wildman–Crippen LogP) is 9.89. The van der Waals surface area contributed by atoms with Gasteiger partial charge in [-0.15, -0.1) is 0 Å². The summed E-state index contributed by atoms with van der Waals surface area (Å²) < 4.78 is 0. The van der Waals surface area contributed by atoms with Gasteiger partial charge in [-0.1, -0.05) is 64.7 Å². The normalized spacial score (nSPS) is 13.2. The first-order valence-corrected chi connectivity index (χ1v) is 21.6. The van der Waals surface area contributed by atoms with Gasteiger partial charge in [0.15, 0.2) is 15.3 Å². The van der Waals surface area contributed by atoms with E-state index in [1.165, 1.54) is 18.2 Å². The van der Waals surface area contributed by atoms with Gasteiger partial charge in [-0.05, 0) is 173 Å². The van der Waals surface area contributed by atoms with Crippen molar-refractivity contribution in [3.63, 3.8) is 0 Å². The van der Waals surface area contributed by atoms with Gasteiger partial charge in [0.25, 0.3) is 17.7 Å². The summed E-state index contributed by atoms with van der Waals surface area (Å²) in [5, 5.41) is 50.2. The molecule has 0 saturated heterocycles. The van der Waals surface area contributed by atoms with Crippen molar-refractivity contribution >= 4 is 92.7 Å². The highest BCUT2D eigenvalue weighted by molar-refractivity contribution is 7.80. The van der Waals surface area contributed by atoms with Crippen molar-refractivity contribution < 1.29 is 29.7 Å². The Morgan fingerprint density at radius 3 is 1.72 bits per heavy atom. The molecule has 0 heterocycles. The number of aliphatic hydroxyl groups excluding tert-OH is 1. The minimum atomic E-state index is -0.729. The minimum Gasteiger partial charge on any atom is -0.509 e. The van der Waals surface area contributed by atoms with Crippen molar-refractivity contribution in [3.8, 4) is 22.6 Å². The monoisotopic (exact) mass is 944 g/mol. The largest absolute Gasteiger partial charge is 0.509 e. The maximum absolute atomic E-state index is 13.8. The molecular formula is C49H45ClN6O6S3. The number of amides is 3. The third-order valence-corrected chi connectivity index (χ3v) is 10.9. The number of hydrogen-bond acceptors (Lipinski definition) is 9. The summed E-state index contributed by atoms with van der Waals surface area (Å²) in [6.45, 7) is 11.1. The average molecular weight is 946 g/mol. The zero-order chi connectivity index (χ0) is 47.3. The van der Waals surface area contributed by atoms with Crippen LogP contribution in [0.4, 0.5) is 11.4 Å². The fourth-order valence-electron chi connectivity index (χ4n) is 7.27. The summed E-state index contributed by atoms with van der Waals surface area (Å²) in [6.07, 6.45) is 5.29. The van der Waals surface area contributed by atoms with Crippen molar-refractivity contribution in [2.24, 2.45) is 0 Å². The van der Waals surface area contributed by atoms with Crippen LogP contribution in [0.1, 0.15) is 77.3 Å². The number of aromatic hydroxyl groups is 2. The first-order chi connectivity index (χ1) is 30.7. The molecule has 0 saturated carbocycles. The van der Waals surface area contributed by atoms with E-state index in [1.54, 1.807) is 60.7 Å². The number of thiocarbonyl (C=S) groups is 3. The molecule has 6 rings (SSSR count). The summed E-state index contributed by atoms with van der Waals surface area (Å²) in [4.78, 5) is 40.1. The Bertz CT molecular complexity index is 2910. The number of phenolic OH excluding ortho intramolecular Hbond substituents is 2. The number of allylic oxidation sites excluding steroid dienone is 4. The molecule has 1 atom stereocenters. The third kappa shape index (κ3) is 12.0. The fourth-order valence-corrected chi connectivity index (χ4v) is 8.05. The van der Waals surface area contributed by atoms with Gasteiger partial charge in [-0.2, -0.15) is 0 Å². The molecule has 5 aromatic carbocycles. The number of phenols is 2. The smallest absolute Gasteiger partial charge is 0.257 e. The van der Waals surface area contributed by atoms with Gasteiger partial charge in [0.1, 0.15) is 17.3 Å². The number of rotatable bonds is 8. The van der Waals surface area contributed by atoms with Crippen LogP contribution in [0, 0.1) is 34.6 Å². The maximum atomic E-state index is 13.8. The van der Waals surface area contributed by atoms with Crippen molar-refractivity contribution in [3.05, 3.63) is 175 Å². The standard InChI is InChI=1S/C49H45ClN6O6S3/c1-24-7-10-36(30-14-27(4)18-33(21-30)45(61)55-48(64)52-38-23-35(50)9-12-40(38)57)42(58)39(20-24)53-49(65)56-46(62)34-19-28(5)15-31(22-34)41-29(6)8-11-37(43(41)59)51-47(63)54-44(60)32-16-25(2)13-26(3)17-32/h7-23,36,57-59H,1-6H3,(H2,51,54,60,63)(H2,52,55,61,64)(H2,53,56,62,65). The van der Waals surface area contributed by atoms with Crippen molar-refractivity contribution in [1.82, 2.24) is 21.3 Å². The zero-order valence-corrected chi connectivity index (χ0v) is 39.3. The summed E-state index contributed by atoms with van der Waals surface area (Å²) in [5.74, 6) is -2.57. The Morgan fingerprint density at radius 2 is 1.11 bits per heavy atom. The molecule has 1 aliphatic carbocycles. The molecule has 0 aromatic heterocycles. The van der Waals surface area contributed by atoms with E-state index in [4.69, 9.17) is 48.3 Å². The Kier molecular flexibility index (Phi) is 14.8. The highest BCUT2D eigenvalue weighted by Crippen LogP contribution is 2.39. The molecule has 16 heteroatoms. The van der Waals surface area contributed by atoms with E-state index in [9.17, 15) is 29.7 Å². The number of anilines is 2. The lowest BCUT2D eigenvalue weighted by Gasteiger charge is -2.19. The van der Waals surface area contributed by atoms with Gasteiger partial charge in [-0.25, -0.2) is 0 Å². The van der Waals surface area contributed by atoms with Crippen LogP contribution in [0.25, 0.3) is 11.1 Å². The molecule has 0 spiro atoms. The van der Waals surface area contributed by atoms with Crippen molar-refractivity contribution in [2.45, 2.75) is 47.5 Å². The number of aryl methyl sites for hydroxylation is 5. The van der Waals surface area contributed by atoms with E-state index in [1.807, 2.05) is 65.8 Å². The molecule has 0 aliphatic heterocycles. The van der Waals surface area contributed by atoms with Crippen LogP contribution in [0.15, 0.2) is 120 Å². The van der Waals surface area contributed by atoms with Crippen LogP contribution in [0.3, 0.4) is 0 Å². The Morgan fingerprint density at radius 1 is 0.585 bits per heavy atom. The van der Waals surface area contributed by atoms with Gasteiger partial charge in [0.2, 0.25) is 0 Å². The van der Waals surface area contributed by atoms with E-state index in [-0.39, 0.29) is 60.8 Å². The predicted molar refractivity (Wildman–Crippen MR) is 269 cm³/mol. The molecule has 0 fully saturated rings. The molecule has 1 unspecified atom stereocenters. The SMILES string of the molecule is CC1=CC(NC(=S)NC(=O)c2cc(C)cc(-c3c(C)ccc(NC(=S)NC(=O)c4cc(C)cc(C)c4)c3O)c2)=C(O)C(c2cc(C)cc(C(=O)NC(=S)Nc3cc(Cl)ccc3O)c2)C=C1. The molecule has 5 aromatic rings. The van der Waals surface area contributed by atoms with Crippen molar-refractivity contribution in [1.29, 1.82) is 0 Å². The molecule has 1 aliphatic rings. The second-order valence-electron chi connectivity index (χ2n) is 15.7. The van der Waals surface area contributed by atoms with Gasteiger partial charge in [0, 0.05) is 27.3 Å². The van der Waals surface area contributed by atoms with E-state index in [0.717, 1.165) is 27.8 Å². The third-order valence-electron chi connectivity index (χ3n) is 10.1. The molecule has 0 bridgehead atoms. The zero-order valence-electron chi connectivity index (χ0n) is 36.1. The van der Waals surface area contributed by atoms with Gasteiger partial charge < -0.3 is 31.3 Å². The quantitative estimate of drug-likeness (QED) is 0.0531. The van der Waals surface area contributed by atoms with E-state index < -0.39 is 23.6 Å². The van der Waals surface area contributed by atoms with Gasteiger partial charge in [-0.3, -0.25) is 30.3 Å². The van der Waals surface area contributed by atoms with Crippen molar-refractivity contribution in [2.75, 3.05) is 10.6 Å². The molecule has 332 valence electrons. The summed E-state index contributed by atoms with van der Waals surface area (Å²) >= 11 is 22.4. The first-order valence-electron chi connectivity index (χ1n) is 20.0. The van der Waals surface area contributed by atoms with Crippen LogP contribution < -0.4 is 31.9 Å². The van der Waals surface area contributed by atoms with Gasteiger partial charge >= 0.3 is 0 Å². The first kappa shape index (κ1) is 47.6. The maximum Gasteiger partial charge on any atom is 0.257 e. The lowest BCUT2D eigenvalue weighted by molar-refractivity contribution is 0.0968. The fraction of sp³-hybridized carbons (Fsp3) is 0.143. The number of aliphatic hydroxyl groups is 1. The van der Waals surface area contributed by atoms with Crippen LogP contribution in [-0.2, 0) is 0 Å². The van der Waals surface area contributed by atoms with E-state index >= 15 is 0 Å². The summed E-state index contributed by atoms with van der Waals surface area (Å²) in [7, 11) is 0. The highest BCUT2D eigenvalue weighted by Gasteiger charge is 2.23. The minimum absolute atomic E-state index is 0.00885. The Hall–Kier alpha value is -6.91. The number of hydrogen-bond donors (Lipinski definition) is 9. The number of nitrogens with one attached hydrogen (secondary N) is 6. The second-order valence-corrected chi connectivity index (χ2v) is 17.3. The summed E-state index contributed by atoms with van der Waals surface area (Å²) in [5.41, 5.74) is 8.02. The van der Waals surface area contributed by atoms with Crippen LogP contribution >= 0.6 is 48.3 Å². The average Bonchev–Trinajstić information content (AvgIpc) is 3.35. The molecule has 9 N–H and O–H groups in total. The van der Waals surface area contributed by atoms with Crippen LogP contribution in [-0.4, -0.2) is 48.4 Å². The lowest BCUT2D eigenvalue weighted by atomic mass is 9.92. The molecule has 3 amide bonds. The molecule has 65 heavy (non-hydrogen) atoms. The molecule has 0 radical (unpaired) electrons. The molecule has 12 nitrogen and oxygen atoms in total. The summed E-state index contributed by atoms with van der Waals surface area (Å²) in [6, 6.07) is 23.5. The number of halogens is 1. The van der Waals surface area contributed by atoms with E-state index in [0.29, 0.717) is 32.8 Å². The van der Waals surface area contributed by atoms with Crippen LogP contribution in [0.2, 0.25) is 5.02 Å². The topological polar surface area (TPSA) is 184 Å². The van der Waals surface area contributed by atoms with E-state index in [2.05, 4.69) is 31.9 Å². The number of benzene rings is 5. The number of carbonyl (C=O) groups excluding carboxylic acids is 3. The Balaban J connectivity index is 1.16. The Labute approximate surface area is 397 Å². The molecular weight excluding hydrogens is 900 g/mol. The second kappa shape index (κ2) is 20.3.